The van der Waals surface area contributed by atoms with Crippen molar-refractivity contribution in [3.8, 4) is 0 Å². The maximum Gasteiger partial charge on any atom is 0.123 e. The number of thiazole rings is 1. The summed E-state index contributed by atoms with van der Waals surface area (Å²) >= 11 is 1.57. The fourth-order valence-electron chi connectivity index (χ4n) is 1.66. The van der Waals surface area contributed by atoms with Gasteiger partial charge < -0.3 is 5.73 Å². The molecular formula is C12H13FN2S. The second kappa shape index (κ2) is 4.72. The zero-order chi connectivity index (χ0) is 11.5. The Bertz CT molecular complexity index is 448. The maximum absolute atomic E-state index is 13.2. The molecule has 2 aromatic rings. The molecule has 2 nitrogen and oxygen atoms in total. The standard InChI is InChI=1S/C12H13FN2S/c1-8-2-9(4-10(13)3-8)12(14)5-11-6-15-7-16-11/h2-4,6-7,12H,5,14H2,1H3. The average Bonchev–Trinajstić information content (AvgIpc) is 2.68. The van der Waals surface area contributed by atoms with Crippen molar-refractivity contribution < 1.29 is 4.39 Å². The van der Waals surface area contributed by atoms with Crippen LogP contribution in [0.1, 0.15) is 22.0 Å². The summed E-state index contributed by atoms with van der Waals surface area (Å²) in [6.07, 6.45) is 2.50. The van der Waals surface area contributed by atoms with E-state index in [0.29, 0.717) is 6.42 Å². The molecule has 2 rings (SSSR count). The fourth-order valence-corrected chi connectivity index (χ4v) is 2.31. The van der Waals surface area contributed by atoms with Gasteiger partial charge in [-0.3, -0.25) is 4.98 Å². The Hall–Kier alpha value is -1.26. The molecule has 2 N–H and O–H groups in total. The Morgan fingerprint density at radius 1 is 1.44 bits per heavy atom. The van der Waals surface area contributed by atoms with Crippen LogP contribution in [0.3, 0.4) is 0 Å². The second-order valence-corrected chi connectivity index (χ2v) is 4.81. The highest BCUT2D eigenvalue weighted by atomic mass is 32.1. The van der Waals surface area contributed by atoms with Crippen molar-refractivity contribution in [3.05, 3.63) is 51.7 Å². The largest absolute Gasteiger partial charge is 0.324 e. The summed E-state index contributed by atoms with van der Waals surface area (Å²) in [6, 6.07) is 4.76. The van der Waals surface area contributed by atoms with E-state index in [-0.39, 0.29) is 11.9 Å². The van der Waals surface area contributed by atoms with E-state index in [1.54, 1.807) is 23.0 Å². The molecule has 1 unspecified atom stereocenters. The van der Waals surface area contributed by atoms with Crippen molar-refractivity contribution in [1.29, 1.82) is 0 Å². The Balaban J connectivity index is 2.17. The number of benzene rings is 1. The van der Waals surface area contributed by atoms with Crippen molar-refractivity contribution in [2.45, 2.75) is 19.4 Å². The highest BCUT2D eigenvalue weighted by Gasteiger charge is 2.09. The zero-order valence-electron chi connectivity index (χ0n) is 8.98. The molecule has 1 aromatic carbocycles. The van der Waals surface area contributed by atoms with Crippen LogP contribution in [-0.2, 0) is 6.42 Å². The monoisotopic (exact) mass is 236 g/mol. The van der Waals surface area contributed by atoms with E-state index in [1.165, 1.54) is 12.1 Å². The van der Waals surface area contributed by atoms with Gasteiger partial charge in [0.05, 0.1) is 5.51 Å². The minimum absolute atomic E-state index is 0.171. The minimum atomic E-state index is -0.227. The van der Waals surface area contributed by atoms with Crippen molar-refractivity contribution in [3.63, 3.8) is 0 Å². The molecule has 0 saturated heterocycles. The Labute approximate surface area is 97.9 Å². The van der Waals surface area contributed by atoms with E-state index in [0.717, 1.165) is 16.0 Å². The SMILES string of the molecule is Cc1cc(F)cc(C(N)Cc2cncs2)c1. The molecular weight excluding hydrogens is 223 g/mol. The molecule has 0 radical (unpaired) electrons. The van der Waals surface area contributed by atoms with Crippen LogP contribution in [0, 0.1) is 12.7 Å². The zero-order valence-corrected chi connectivity index (χ0v) is 9.80. The van der Waals surface area contributed by atoms with Gasteiger partial charge >= 0.3 is 0 Å². The molecule has 1 atom stereocenters. The Morgan fingerprint density at radius 2 is 2.25 bits per heavy atom. The number of rotatable bonds is 3. The fraction of sp³-hybridized carbons (Fsp3) is 0.250. The Morgan fingerprint density at radius 3 is 2.88 bits per heavy atom. The van der Waals surface area contributed by atoms with Crippen molar-refractivity contribution >= 4 is 11.3 Å². The van der Waals surface area contributed by atoms with Gasteiger partial charge in [-0.2, -0.15) is 0 Å². The van der Waals surface area contributed by atoms with Gasteiger partial charge in [0.15, 0.2) is 0 Å². The summed E-state index contributed by atoms with van der Waals surface area (Å²) in [5.74, 6) is -0.227. The molecule has 16 heavy (non-hydrogen) atoms. The quantitative estimate of drug-likeness (QED) is 0.890. The summed E-state index contributed by atoms with van der Waals surface area (Å²) in [4.78, 5) is 5.11. The van der Waals surface area contributed by atoms with E-state index >= 15 is 0 Å². The molecule has 0 saturated carbocycles. The summed E-state index contributed by atoms with van der Waals surface area (Å²) in [5, 5.41) is 0. The molecule has 1 heterocycles. The van der Waals surface area contributed by atoms with Crippen LogP contribution in [0.15, 0.2) is 29.9 Å². The van der Waals surface area contributed by atoms with E-state index in [4.69, 9.17) is 5.73 Å². The van der Waals surface area contributed by atoms with Crippen molar-refractivity contribution in [2.24, 2.45) is 5.73 Å². The number of hydrogen-bond donors (Lipinski definition) is 1. The van der Waals surface area contributed by atoms with Crippen LogP contribution in [0.2, 0.25) is 0 Å². The van der Waals surface area contributed by atoms with E-state index in [2.05, 4.69) is 4.98 Å². The first-order valence-corrected chi connectivity index (χ1v) is 5.93. The van der Waals surface area contributed by atoms with Crippen LogP contribution < -0.4 is 5.73 Å². The molecule has 0 fully saturated rings. The van der Waals surface area contributed by atoms with Crippen LogP contribution in [0.4, 0.5) is 4.39 Å². The highest BCUT2D eigenvalue weighted by molar-refractivity contribution is 7.09. The molecule has 0 bridgehead atoms. The maximum atomic E-state index is 13.2. The van der Waals surface area contributed by atoms with Crippen LogP contribution in [-0.4, -0.2) is 4.98 Å². The predicted molar refractivity (Wildman–Crippen MR) is 63.9 cm³/mol. The second-order valence-electron chi connectivity index (χ2n) is 3.84. The smallest absolute Gasteiger partial charge is 0.123 e. The third-order valence-electron chi connectivity index (χ3n) is 2.40. The van der Waals surface area contributed by atoms with Crippen molar-refractivity contribution in [1.82, 2.24) is 4.98 Å². The summed E-state index contributed by atoms with van der Waals surface area (Å²) in [5.41, 5.74) is 9.55. The van der Waals surface area contributed by atoms with Gasteiger partial charge in [0.25, 0.3) is 0 Å². The van der Waals surface area contributed by atoms with Gasteiger partial charge in [-0.1, -0.05) is 6.07 Å². The number of aryl methyl sites for hydroxylation is 1. The molecule has 0 spiro atoms. The molecule has 1 aromatic heterocycles. The minimum Gasteiger partial charge on any atom is -0.324 e. The normalized spacial score (nSPS) is 12.7. The molecule has 0 aliphatic rings. The lowest BCUT2D eigenvalue weighted by Crippen LogP contribution is -2.13. The van der Waals surface area contributed by atoms with E-state index in [9.17, 15) is 4.39 Å². The van der Waals surface area contributed by atoms with Gasteiger partial charge in [-0.25, -0.2) is 4.39 Å². The molecule has 0 aliphatic carbocycles. The van der Waals surface area contributed by atoms with Gasteiger partial charge in [0.1, 0.15) is 5.82 Å². The lowest BCUT2D eigenvalue weighted by atomic mass is 10.0. The Kier molecular flexibility index (Phi) is 3.31. The topological polar surface area (TPSA) is 38.9 Å². The average molecular weight is 236 g/mol. The predicted octanol–water partition coefficient (Wildman–Crippen LogP) is 2.83. The summed E-state index contributed by atoms with van der Waals surface area (Å²) in [6.45, 7) is 1.87. The van der Waals surface area contributed by atoms with Gasteiger partial charge in [-0.05, 0) is 30.2 Å². The number of hydrogen-bond acceptors (Lipinski definition) is 3. The highest BCUT2D eigenvalue weighted by Crippen LogP contribution is 2.20. The third-order valence-corrected chi connectivity index (χ3v) is 3.20. The molecule has 0 amide bonds. The molecule has 0 aliphatic heterocycles. The van der Waals surface area contributed by atoms with Crippen LogP contribution >= 0.6 is 11.3 Å². The van der Waals surface area contributed by atoms with E-state index < -0.39 is 0 Å². The first kappa shape index (κ1) is 11.2. The summed E-state index contributed by atoms with van der Waals surface area (Å²) in [7, 11) is 0. The van der Waals surface area contributed by atoms with Crippen molar-refractivity contribution in [2.75, 3.05) is 0 Å². The lowest BCUT2D eigenvalue weighted by molar-refractivity contribution is 0.617. The number of halogens is 1. The third kappa shape index (κ3) is 2.65. The number of nitrogens with zero attached hydrogens (tertiary/aromatic N) is 1. The lowest BCUT2D eigenvalue weighted by Gasteiger charge is -2.11. The first-order valence-electron chi connectivity index (χ1n) is 5.05. The van der Waals surface area contributed by atoms with Gasteiger partial charge in [-0.15, -0.1) is 11.3 Å². The molecule has 4 heteroatoms. The van der Waals surface area contributed by atoms with E-state index in [1.807, 2.05) is 13.0 Å². The number of nitrogens with two attached hydrogens (primary N) is 1. The number of aromatic nitrogens is 1. The first-order chi connectivity index (χ1) is 7.65. The van der Waals surface area contributed by atoms with Crippen LogP contribution in [0.5, 0.6) is 0 Å². The molecule has 84 valence electrons. The summed E-state index contributed by atoms with van der Waals surface area (Å²) < 4.78 is 13.2. The van der Waals surface area contributed by atoms with Gasteiger partial charge in [0, 0.05) is 23.5 Å². The van der Waals surface area contributed by atoms with Crippen LogP contribution in [0.25, 0.3) is 0 Å². The van der Waals surface area contributed by atoms with Gasteiger partial charge in [0.2, 0.25) is 0 Å².